The van der Waals surface area contributed by atoms with Gasteiger partial charge in [-0.05, 0) is 25.0 Å². The number of rotatable bonds is 12. The summed E-state index contributed by atoms with van der Waals surface area (Å²) in [5, 5.41) is 7.03. The number of ether oxygens (including phenoxy) is 1. The molecule has 1 heterocycles. The quantitative estimate of drug-likeness (QED) is 0.531. The van der Waals surface area contributed by atoms with Crippen LogP contribution < -0.4 is 10.1 Å². The second-order valence-electron chi connectivity index (χ2n) is 7.03. The van der Waals surface area contributed by atoms with Crippen LogP contribution in [0.15, 0.2) is 24.3 Å². The van der Waals surface area contributed by atoms with E-state index in [1.54, 1.807) is 36.0 Å². The average molecular weight is 390 g/mol. The standard InChI is InChI=1S/C22H32FN3O2/c1-4-6-7-8-9-10-14-28-20-13-11-12-17(21(20)23)16-24-22(27)19-15-18(5-2)25-26(19)3/h11-13,15H,4-10,14,16H2,1-3H3,(H,24,27). The van der Waals surface area contributed by atoms with Crippen molar-refractivity contribution in [3.8, 4) is 5.75 Å². The molecule has 0 aliphatic rings. The molecule has 0 aliphatic heterocycles. The molecule has 5 nitrogen and oxygen atoms in total. The topological polar surface area (TPSA) is 56.1 Å². The lowest BCUT2D eigenvalue weighted by atomic mass is 10.1. The summed E-state index contributed by atoms with van der Waals surface area (Å²) < 4.78 is 21.8. The average Bonchev–Trinajstić information content (AvgIpc) is 3.08. The van der Waals surface area contributed by atoms with Crippen LogP contribution in [-0.4, -0.2) is 22.3 Å². The van der Waals surface area contributed by atoms with Crippen LogP contribution in [0.3, 0.4) is 0 Å². The highest BCUT2D eigenvalue weighted by atomic mass is 19.1. The molecule has 6 heteroatoms. The van der Waals surface area contributed by atoms with Crippen molar-refractivity contribution in [3.05, 3.63) is 47.0 Å². The highest BCUT2D eigenvalue weighted by Gasteiger charge is 2.14. The third kappa shape index (κ3) is 6.36. The smallest absolute Gasteiger partial charge is 0.269 e. The van der Waals surface area contributed by atoms with E-state index in [1.165, 1.54) is 25.7 Å². The molecule has 1 aromatic heterocycles. The molecule has 1 N–H and O–H groups in total. The Morgan fingerprint density at radius 3 is 2.64 bits per heavy atom. The molecule has 154 valence electrons. The van der Waals surface area contributed by atoms with Crippen LogP contribution >= 0.6 is 0 Å². The summed E-state index contributed by atoms with van der Waals surface area (Å²) in [5.74, 6) is -0.436. The van der Waals surface area contributed by atoms with Gasteiger partial charge < -0.3 is 10.1 Å². The zero-order valence-electron chi connectivity index (χ0n) is 17.3. The Morgan fingerprint density at radius 2 is 1.93 bits per heavy atom. The van der Waals surface area contributed by atoms with E-state index in [1.807, 2.05) is 6.92 Å². The first kappa shape index (κ1) is 21.9. The Balaban J connectivity index is 1.84. The van der Waals surface area contributed by atoms with E-state index >= 15 is 0 Å². The van der Waals surface area contributed by atoms with E-state index in [0.717, 1.165) is 25.0 Å². The van der Waals surface area contributed by atoms with Crippen LogP contribution in [0.5, 0.6) is 5.75 Å². The highest BCUT2D eigenvalue weighted by molar-refractivity contribution is 5.92. The van der Waals surface area contributed by atoms with Crippen molar-refractivity contribution in [3.63, 3.8) is 0 Å². The molecule has 0 radical (unpaired) electrons. The van der Waals surface area contributed by atoms with Gasteiger partial charge in [0.15, 0.2) is 11.6 Å². The van der Waals surface area contributed by atoms with E-state index in [0.29, 0.717) is 17.9 Å². The van der Waals surface area contributed by atoms with Gasteiger partial charge in [0, 0.05) is 19.2 Å². The highest BCUT2D eigenvalue weighted by Crippen LogP contribution is 2.21. The summed E-state index contributed by atoms with van der Waals surface area (Å²) in [6, 6.07) is 6.80. The van der Waals surface area contributed by atoms with Gasteiger partial charge in [0.2, 0.25) is 0 Å². The summed E-state index contributed by atoms with van der Waals surface area (Å²) >= 11 is 0. The van der Waals surface area contributed by atoms with Crippen molar-refractivity contribution in [2.45, 2.75) is 65.3 Å². The number of amides is 1. The lowest BCUT2D eigenvalue weighted by Crippen LogP contribution is -2.25. The predicted molar refractivity (Wildman–Crippen MR) is 109 cm³/mol. The van der Waals surface area contributed by atoms with Crippen LogP contribution in [0, 0.1) is 5.82 Å². The third-order valence-electron chi connectivity index (χ3n) is 4.76. The molecule has 0 aliphatic carbocycles. The number of benzene rings is 1. The Morgan fingerprint density at radius 1 is 1.18 bits per heavy atom. The molecule has 28 heavy (non-hydrogen) atoms. The molecule has 2 rings (SSSR count). The van der Waals surface area contributed by atoms with E-state index in [9.17, 15) is 9.18 Å². The van der Waals surface area contributed by atoms with Crippen molar-refractivity contribution in [1.82, 2.24) is 15.1 Å². The maximum absolute atomic E-state index is 14.6. The van der Waals surface area contributed by atoms with Gasteiger partial charge in [-0.15, -0.1) is 0 Å². The SMILES string of the molecule is CCCCCCCCOc1cccc(CNC(=O)c2cc(CC)nn2C)c1F. The first-order valence-corrected chi connectivity index (χ1v) is 10.3. The van der Waals surface area contributed by atoms with E-state index in [2.05, 4.69) is 17.3 Å². The summed E-state index contributed by atoms with van der Waals surface area (Å²) in [6.07, 6.45) is 7.71. The number of carbonyl (C=O) groups excluding carboxylic acids is 1. The van der Waals surface area contributed by atoms with Gasteiger partial charge in [-0.2, -0.15) is 5.10 Å². The predicted octanol–water partition coefficient (Wildman–Crippen LogP) is 4.79. The van der Waals surface area contributed by atoms with Crippen LogP contribution in [-0.2, 0) is 20.0 Å². The van der Waals surface area contributed by atoms with Crippen molar-refractivity contribution in [1.29, 1.82) is 0 Å². The fourth-order valence-electron chi connectivity index (χ4n) is 3.05. The Kier molecular flexibility index (Phi) is 8.98. The second-order valence-corrected chi connectivity index (χ2v) is 7.03. The first-order chi connectivity index (χ1) is 13.6. The summed E-state index contributed by atoms with van der Waals surface area (Å²) in [7, 11) is 1.73. The summed E-state index contributed by atoms with van der Waals surface area (Å²) in [5.41, 5.74) is 1.73. The number of aryl methyl sites for hydroxylation is 2. The maximum Gasteiger partial charge on any atom is 0.269 e. The van der Waals surface area contributed by atoms with Crippen molar-refractivity contribution < 1.29 is 13.9 Å². The number of nitrogens with one attached hydrogen (secondary N) is 1. The number of aromatic nitrogens is 2. The molecule has 0 bridgehead atoms. The van der Waals surface area contributed by atoms with Crippen molar-refractivity contribution in [2.75, 3.05) is 6.61 Å². The first-order valence-electron chi connectivity index (χ1n) is 10.3. The van der Waals surface area contributed by atoms with E-state index in [-0.39, 0.29) is 18.2 Å². The summed E-state index contributed by atoms with van der Waals surface area (Å²) in [4.78, 5) is 12.4. The lowest BCUT2D eigenvalue weighted by Gasteiger charge is -2.11. The van der Waals surface area contributed by atoms with Gasteiger partial charge in [-0.3, -0.25) is 9.48 Å². The molecular formula is C22H32FN3O2. The molecule has 0 atom stereocenters. The number of hydrogen-bond acceptors (Lipinski definition) is 3. The van der Waals surface area contributed by atoms with E-state index < -0.39 is 5.82 Å². The molecular weight excluding hydrogens is 357 g/mol. The minimum Gasteiger partial charge on any atom is -0.491 e. The van der Waals surface area contributed by atoms with Crippen LogP contribution in [0.2, 0.25) is 0 Å². The molecule has 0 unspecified atom stereocenters. The molecule has 0 saturated carbocycles. The molecule has 1 aromatic carbocycles. The van der Waals surface area contributed by atoms with Gasteiger partial charge >= 0.3 is 0 Å². The number of unbranched alkanes of at least 4 members (excludes halogenated alkanes) is 5. The molecule has 0 saturated heterocycles. The lowest BCUT2D eigenvalue weighted by molar-refractivity contribution is 0.0941. The van der Waals surface area contributed by atoms with E-state index in [4.69, 9.17) is 4.74 Å². The van der Waals surface area contributed by atoms with Gasteiger partial charge in [0.05, 0.1) is 12.3 Å². The zero-order valence-corrected chi connectivity index (χ0v) is 17.3. The van der Waals surface area contributed by atoms with Gasteiger partial charge in [-0.1, -0.05) is 58.1 Å². The second kappa shape index (κ2) is 11.5. The monoisotopic (exact) mass is 389 g/mol. The normalized spacial score (nSPS) is 10.9. The fourth-order valence-corrected chi connectivity index (χ4v) is 3.05. The Bertz CT molecular complexity index is 758. The van der Waals surface area contributed by atoms with Gasteiger partial charge in [-0.25, -0.2) is 4.39 Å². The zero-order chi connectivity index (χ0) is 20.4. The number of hydrogen-bond donors (Lipinski definition) is 1. The van der Waals surface area contributed by atoms with Gasteiger partial charge in [0.1, 0.15) is 5.69 Å². The van der Waals surface area contributed by atoms with Crippen molar-refractivity contribution in [2.24, 2.45) is 7.05 Å². The summed E-state index contributed by atoms with van der Waals surface area (Å²) in [6.45, 7) is 4.79. The van der Waals surface area contributed by atoms with Gasteiger partial charge in [0.25, 0.3) is 5.91 Å². The fraction of sp³-hybridized carbons (Fsp3) is 0.545. The van der Waals surface area contributed by atoms with Crippen LogP contribution in [0.1, 0.15) is 74.1 Å². The minimum absolute atomic E-state index is 0.103. The largest absolute Gasteiger partial charge is 0.491 e. The van der Waals surface area contributed by atoms with Crippen LogP contribution in [0.4, 0.5) is 4.39 Å². The maximum atomic E-state index is 14.6. The number of nitrogens with zero attached hydrogens (tertiary/aromatic N) is 2. The molecule has 0 spiro atoms. The molecule has 1 amide bonds. The Labute approximate surface area is 167 Å². The molecule has 2 aromatic rings. The Hall–Kier alpha value is -2.37. The third-order valence-corrected chi connectivity index (χ3v) is 4.76. The van der Waals surface area contributed by atoms with Crippen LogP contribution in [0.25, 0.3) is 0 Å². The minimum atomic E-state index is -0.409. The number of carbonyl (C=O) groups is 1. The van der Waals surface area contributed by atoms with Crippen molar-refractivity contribution >= 4 is 5.91 Å². The number of halogens is 1. The molecule has 0 fully saturated rings.